The molecule has 0 aliphatic carbocycles. The first-order valence-corrected chi connectivity index (χ1v) is 12.5. The van der Waals surface area contributed by atoms with E-state index >= 15 is 0 Å². The van der Waals surface area contributed by atoms with Crippen molar-refractivity contribution in [3.05, 3.63) is 123 Å². The number of halogens is 1. The van der Waals surface area contributed by atoms with E-state index in [-0.39, 0.29) is 12.4 Å². The van der Waals surface area contributed by atoms with Crippen LogP contribution in [-0.4, -0.2) is 24.4 Å². The van der Waals surface area contributed by atoms with Crippen LogP contribution in [0.5, 0.6) is 0 Å². The molecule has 0 radical (unpaired) electrons. The Balaban J connectivity index is 1.88. The van der Waals surface area contributed by atoms with Crippen molar-refractivity contribution in [3.63, 3.8) is 0 Å². The number of esters is 1. The number of methoxy groups -OCH3 is 1. The van der Waals surface area contributed by atoms with Gasteiger partial charge in [0, 0.05) is 27.9 Å². The van der Waals surface area contributed by atoms with Crippen molar-refractivity contribution in [3.8, 4) is 11.1 Å². The van der Waals surface area contributed by atoms with Crippen molar-refractivity contribution < 1.29 is 19.0 Å². The number of pyridine rings is 1. The lowest BCUT2D eigenvalue weighted by atomic mass is 9.94. The SMILES string of the molecule is COC(=O)C=Cc1c(-c2ccccc2)c2cc(Br)ccc2c(=O)n1C(Cc1ccccc1)C1=COCO1. The third-order valence-electron chi connectivity index (χ3n) is 6.26. The normalized spacial score (nSPS) is 13.7. The van der Waals surface area contributed by atoms with Crippen molar-refractivity contribution >= 4 is 38.7 Å². The van der Waals surface area contributed by atoms with E-state index in [9.17, 15) is 9.59 Å². The topological polar surface area (TPSA) is 66.8 Å². The summed E-state index contributed by atoms with van der Waals surface area (Å²) in [5, 5.41) is 1.32. The van der Waals surface area contributed by atoms with Crippen molar-refractivity contribution in [1.29, 1.82) is 0 Å². The quantitative estimate of drug-likeness (QED) is 0.198. The van der Waals surface area contributed by atoms with Gasteiger partial charge in [-0.25, -0.2) is 4.79 Å². The van der Waals surface area contributed by atoms with E-state index in [2.05, 4.69) is 15.9 Å². The molecule has 37 heavy (non-hydrogen) atoms. The summed E-state index contributed by atoms with van der Waals surface area (Å²) in [4.78, 5) is 26.4. The van der Waals surface area contributed by atoms with Gasteiger partial charge in [-0.05, 0) is 40.8 Å². The molecule has 0 bridgehead atoms. The first-order valence-electron chi connectivity index (χ1n) is 11.7. The van der Waals surface area contributed by atoms with Crippen LogP contribution in [0.4, 0.5) is 0 Å². The second-order valence-electron chi connectivity index (χ2n) is 8.50. The molecule has 0 N–H and O–H groups in total. The summed E-state index contributed by atoms with van der Waals surface area (Å²) in [6.45, 7) is 0.0782. The van der Waals surface area contributed by atoms with Crippen LogP contribution < -0.4 is 5.56 Å². The van der Waals surface area contributed by atoms with Crippen molar-refractivity contribution in [1.82, 2.24) is 4.57 Å². The van der Waals surface area contributed by atoms with Gasteiger partial charge < -0.3 is 14.2 Å². The van der Waals surface area contributed by atoms with Crippen LogP contribution >= 0.6 is 15.9 Å². The molecule has 0 spiro atoms. The Hall–Kier alpha value is -4.10. The molecule has 186 valence electrons. The summed E-state index contributed by atoms with van der Waals surface area (Å²) in [5.74, 6) is 0.0146. The molecule has 6 nitrogen and oxygen atoms in total. The summed E-state index contributed by atoms with van der Waals surface area (Å²) >= 11 is 3.56. The van der Waals surface area contributed by atoms with E-state index < -0.39 is 12.0 Å². The van der Waals surface area contributed by atoms with E-state index in [0.29, 0.717) is 23.3 Å². The van der Waals surface area contributed by atoms with Gasteiger partial charge in [0.05, 0.1) is 12.8 Å². The monoisotopic (exact) mass is 557 g/mol. The van der Waals surface area contributed by atoms with Gasteiger partial charge in [0.1, 0.15) is 12.3 Å². The smallest absolute Gasteiger partial charge is 0.330 e. The molecule has 0 fully saturated rings. The van der Waals surface area contributed by atoms with Gasteiger partial charge in [-0.2, -0.15) is 0 Å². The highest BCUT2D eigenvalue weighted by atomic mass is 79.9. The molecule has 0 amide bonds. The van der Waals surface area contributed by atoms with Crippen LogP contribution in [0.1, 0.15) is 17.3 Å². The van der Waals surface area contributed by atoms with Crippen molar-refractivity contribution in [2.45, 2.75) is 12.5 Å². The fourth-order valence-corrected chi connectivity index (χ4v) is 4.95. The summed E-state index contributed by atoms with van der Waals surface area (Å²) in [6, 6.07) is 24.8. The van der Waals surface area contributed by atoms with Crippen LogP contribution in [0.25, 0.3) is 28.0 Å². The van der Waals surface area contributed by atoms with E-state index in [0.717, 1.165) is 26.5 Å². The Morgan fingerprint density at radius 3 is 2.46 bits per heavy atom. The number of carbonyl (C=O) groups is 1. The lowest BCUT2D eigenvalue weighted by Gasteiger charge is -2.26. The van der Waals surface area contributed by atoms with Gasteiger partial charge >= 0.3 is 5.97 Å². The molecule has 1 aromatic heterocycles. The number of fused-ring (bicyclic) bond motifs is 1. The average molecular weight is 558 g/mol. The maximum Gasteiger partial charge on any atom is 0.330 e. The van der Waals surface area contributed by atoms with Crippen LogP contribution in [0.3, 0.4) is 0 Å². The Morgan fingerprint density at radius 2 is 1.78 bits per heavy atom. The molecular formula is C30H24BrNO5. The Bertz CT molecular complexity index is 1560. The molecule has 3 aromatic carbocycles. The molecule has 1 aliphatic heterocycles. The Labute approximate surface area is 222 Å². The zero-order valence-corrected chi connectivity index (χ0v) is 21.7. The second kappa shape index (κ2) is 10.9. The minimum Gasteiger partial charge on any atom is -0.466 e. The largest absolute Gasteiger partial charge is 0.466 e. The zero-order valence-electron chi connectivity index (χ0n) is 20.1. The van der Waals surface area contributed by atoms with Gasteiger partial charge in [-0.15, -0.1) is 0 Å². The van der Waals surface area contributed by atoms with Gasteiger partial charge in [0.15, 0.2) is 5.76 Å². The third kappa shape index (κ3) is 5.08. The summed E-state index contributed by atoms with van der Waals surface area (Å²) < 4.78 is 18.7. The standard InChI is InChI=1S/C30H24BrNO5/c1-35-28(33)15-14-25-29(21-10-6-3-7-11-21)24-17-22(31)12-13-23(24)30(34)32(25)26(27-18-36-19-37-27)16-20-8-4-2-5-9-20/h2-15,17-18,26H,16,19H2,1H3. The fraction of sp³-hybridized carbons (Fsp3) is 0.133. The highest BCUT2D eigenvalue weighted by molar-refractivity contribution is 9.10. The zero-order chi connectivity index (χ0) is 25.8. The molecule has 4 aromatic rings. The third-order valence-corrected chi connectivity index (χ3v) is 6.76. The molecule has 5 rings (SSSR count). The first-order chi connectivity index (χ1) is 18.1. The van der Waals surface area contributed by atoms with Gasteiger partial charge in [-0.1, -0.05) is 76.6 Å². The molecule has 0 saturated heterocycles. The number of carbonyl (C=O) groups excluding carboxylic acids is 1. The number of allylic oxidation sites excluding steroid dienone is 1. The molecular weight excluding hydrogens is 534 g/mol. The second-order valence-corrected chi connectivity index (χ2v) is 9.42. The molecule has 0 saturated carbocycles. The van der Waals surface area contributed by atoms with Crippen LogP contribution in [0, 0.1) is 0 Å². The van der Waals surface area contributed by atoms with E-state index in [1.165, 1.54) is 13.2 Å². The first kappa shape index (κ1) is 24.6. The Morgan fingerprint density at radius 1 is 1.05 bits per heavy atom. The lowest BCUT2D eigenvalue weighted by Crippen LogP contribution is -2.30. The maximum absolute atomic E-state index is 14.2. The molecule has 1 aliphatic rings. The fourth-order valence-electron chi connectivity index (χ4n) is 4.59. The number of benzene rings is 3. The minimum atomic E-state index is -0.523. The lowest BCUT2D eigenvalue weighted by molar-refractivity contribution is -0.134. The predicted molar refractivity (Wildman–Crippen MR) is 147 cm³/mol. The van der Waals surface area contributed by atoms with E-state index in [1.807, 2.05) is 78.9 Å². The summed E-state index contributed by atoms with van der Waals surface area (Å²) in [5.41, 5.74) is 3.10. The predicted octanol–water partition coefficient (Wildman–Crippen LogP) is 6.25. The van der Waals surface area contributed by atoms with Crippen LogP contribution in [0.2, 0.25) is 0 Å². The highest BCUT2D eigenvalue weighted by Crippen LogP contribution is 2.36. The van der Waals surface area contributed by atoms with Gasteiger partial charge in [0.25, 0.3) is 5.56 Å². The van der Waals surface area contributed by atoms with E-state index in [1.54, 1.807) is 16.9 Å². The van der Waals surface area contributed by atoms with Crippen LogP contribution in [-0.2, 0) is 25.4 Å². The van der Waals surface area contributed by atoms with Crippen LogP contribution in [0.15, 0.2) is 106 Å². The number of rotatable bonds is 7. The summed E-state index contributed by atoms with van der Waals surface area (Å²) in [7, 11) is 1.32. The summed E-state index contributed by atoms with van der Waals surface area (Å²) in [6.07, 6.45) is 5.01. The maximum atomic E-state index is 14.2. The minimum absolute atomic E-state index is 0.0782. The Kier molecular flexibility index (Phi) is 7.23. The van der Waals surface area contributed by atoms with Crippen molar-refractivity contribution in [2.75, 3.05) is 13.9 Å². The number of hydrogen-bond donors (Lipinski definition) is 0. The number of nitrogens with zero attached hydrogens (tertiary/aromatic N) is 1. The number of aromatic nitrogens is 1. The van der Waals surface area contributed by atoms with Gasteiger partial charge in [0.2, 0.25) is 6.79 Å². The van der Waals surface area contributed by atoms with Crippen molar-refractivity contribution in [2.24, 2.45) is 0 Å². The molecule has 1 atom stereocenters. The number of ether oxygens (including phenoxy) is 3. The van der Waals surface area contributed by atoms with E-state index in [4.69, 9.17) is 14.2 Å². The molecule has 2 heterocycles. The highest BCUT2D eigenvalue weighted by Gasteiger charge is 2.28. The van der Waals surface area contributed by atoms with Gasteiger partial charge in [-0.3, -0.25) is 9.36 Å². The molecule has 7 heteroatoms. The average Bonchev–Trinajstić information content (AvgIpc) is 3.47. The number of hydrogen-bond acceptors (Lipinski definition) is 5. The molecule has 1 unspecified atom stereocenters.